The first-order valence-corrected chi connectivity index (χ1v) is 40.2. The lowest BCUT2D eigenvalue weighted by molar-refractivity contribution is -0.136. The standard InChI is InChI=1S/C26H25BFNO6.C21H20BFO6.C15H21BO5.C12H11FO2.C11H13BrO4.C6H12BO2/c1-15-20(9-16-10-23(33-2)26(27(31)32)24(11-16)34-3)19-7-6-17(28)12-22(19)21(15)13-25(30)29-14-18-5-4-8-35-18;1-11-15(14-5-4-13(23)9-17(14)16(11)10-20(24)25)6-12-7-18(28-2)21(22(26)27)19(8-12)29-3;1-14(2)15(3,4)21-16(20-14)13-11(18-5)7-10(9-17)8-12(13)19-6;1-7-4-8-2-3-9(13)5-11(8)10(7)6-12(14)15;1-13-8-5-7(11-15-3-4-16-11)6-9(14-2)10(8)12;1-5(2)6(3,4)9-7-8-5/h4-12,31-32H,13-14H2,1-3H3,(H,29,30);4-9,26-27H,10H2,1-3H3,(H,24,25);7-9H,1-6H3;2-3,5H,4,6H2,1H3,(H,14,15);5-6,11H,3-4H2,1-2H3;1-4H3/b20-9-;15-6-;;;;. The van der Waals surface area contributed by atoms with Crippen LogP contribution in [0.15, 0.2) is 147 Å². The van der Waals surface area contributed by atoms with Crippen LogP contribution < -0.4 is 59.6 Å². The number of carbonyl (C=O) groups is 4. The van der Waals surface area contributed by atoms with Gasteiger partial charge in [0, 0.05) is 11.1 Å². The van der Waals surface area contributed by atoms with Gasteiger partial charge >= 0.3 is 41.0 Å². The molecule has 661 valence electrons. The van der Waals surface area contributed by atoms with Crippen LogP contribution in [0, 0.1) is 17.5 Å². The fraction of sp³-hybridized carbons (Fsp3) is 0.341. The van der Waals surface area contributed by atoms with Crippen LogP contribution in [0.3, 0.4) is 0 Å². The predicted octanol–water partition coefficient (Wildman–Crippen LogP) is 13.6. The first-order chi connectivity index (χ1) is 59.1. The Bertz CT molecular complexity index is 5310. The van der Waals surface area contributed by atoms with E-state index in [9.17, 15) is 57.6 Å². The first-order valence-electron chi connectivity index (χ1n) is 39.4. The molecule has 125 heavy (non-hydrogen) atoms. The Labute approximate surface area is 734 Å². The summed E-state index contributed by atoms with van der Waals surface area (Å²) in [7, 11) is 9.22. The maximum atomic E-state index is 14.2. The molecule has 1 amide bonds. The number of carboxylic acid groups (broad SMARTS) is 2. The summed E-state index contributed by atoms with van der Waals surface area (Å²) in [6.45, 7) is 23.0. The molecule has 26 nitrogen and oxygen atoms in total. The lowest BCUT2D eigenvalue weighted by Gasteiger charge is -2.32. The van der Waals surface area contributed by atoms with E-state index in [2.05, 4.69) is 21.2 Å². The molecule has 34 heteroatoms. The summed E-state index contributed by atoms with van der Waals surface area (Å²) >= 11 is 3.41. The zero-order chi connectivity index (χ0) is 91.9. The van der Waals surface area contributed by atoms with Crippen LogP contribution in [0.4, 0.5) is 13.2 Å². The van der Waals surface area contributed by atoms with E-state index in [-0.39, 0.29) is 88.9 Å². The number of furan rings is 1. The van der Waals surface area contributed by atoms with Gasteiger partial charge in [0.15, 0.2) is 6.29 Å². The van der Waals surface area contributed by atoms with Crippen molar-refractivity contribution in [2.24, 2.45) is 0 Å². The monoisotopic (exact) mass is 1790 g/mol. The van der Waals surface area contributed by atoms with Crippen LogP contribution in [0.2, 0.25) is 0 Å². The predicted molar refractivity (Wildman–Crippen MR) is 473 cm³/mol. The molecule has 0 unspecified atom stereocenters. The number of aliphatic carboxylic acids is 2. The molecule has 7 aromatic carbocycles. The van der Waals surface area contributed by atoms with Crippen molar-refractivity contribution in [1.29, 1.82) is 0 Å². The second kappa shape index (κ2) is 42.4. The highest BCUT2D eigenvalue weighted by Crippen LogP contribution is 2.48. The van der Waals surface area contributed by atoms with Crippen LogP contribution in [0.25, 0.3) is 40.0 Å². The molecule has 0 spiro atoms. The number of allylic oxidation sites excluding steroid dienone is 5. The maximum absolute atomic E-state index is 14.2. The molecular formula is C91H102B4BrF3NO25. The van der Waals surface area contributed by atoms with Crippen LogP contribution in [0.5, 0.6) is 46.0 Å². The number of benzene rings is 7. The van der Waals surface area contributed by atoms with Crippen LogP contribution in [-0.4, -0.2) is 176 Å². The van der Waals surface area contributed by atoms with Gasteiger partial charge in [-0.25, -0.2) is 13.2 Å². The first kappa shape index (κ1) is 97.9. The summed E-state index contributed by atoms with van der Waals surface area (Å²) in [4.78, 5) is 45.7. The minimum Gasteiger partial charge on any atom is -0.497 e. The lowest BCUT2D eigenvalue weighted by atomic mass is 9.77. The highest BCUT2D eigenvalue weighted by atomic mass is 79.9. The Morgan fingerprint density at radius 3 is 1.30 bits per heavy atom. The molecule has 1 radical (unpaired) electrons. The van der Waals surface area contributed by atoms with Crippen molar-refractivity contribution in [2.45, 2.75) is 137 Å². The number of nitrogens with one attached hydrogen (secondary N) is 1. The van der Waals surface area contributed by atoms with E-state index in [0.717, 1.165) is 84.0 Å². The summed E-state index contributed by atoms with van der Waals surface area (Å²) in [6.07, 6.45) is 6.21. The molecule has 3 fully saturated rings. The van der Waals surface area contributed by atoms with E-state index in [1.807, 2.05) is 87.4 Å². The number of carboxylic acids is 2. The zero-order valence-electron chi connectivity index (χ0n) is 73.1. The van der Waals surface area contributed by atoms with Gasteiger partial charge in [-0.3, -0.25) is 19.2 Å². The number of amides is 1. The quantitative estimate of drug-likeness (QED) is 0.0231. The molecular weight excluding hydrogens is 1690 g/mol. The van der Waals surface area contributed by atoms with Crippen LogP contribution >= 0.6 is 15.9 Å². The van der Waals surface area contributed by atoms with Crippen molar-refractivity contribution in [3.63, 3.8) is 0 Å². The minimum absolute atomic E-state index is 0.0255. The summed E-state index contributed by atoms with van der Waals surface area (Å²) in [6, 6.07) is 30.5. The van der Waals surface area contributed by atoms with Crippen molar-refractivity contribution in [3.8, 4) is 46.0 Å². The molecule has 0 atom stereocenters. The Morgan fingerprint density at radius 1 is 0.520 bits per heavy atom. The third kappa shape index (κ3) is 23.3. The lowest BCUT2D eigenvalue weighted by Crippen LogP contribution is -2.41. The largest absolute Gasteiger partial charge is 0.502 e. The van der Waals surface area contributed by atoms with Gasteiger partial charge in [0.05, 0.1) is 141 Å². The summed E-state index contributed by atoms with van der Waals surface area (Å²) in [5.74, 6) is 0.803. The van der Waals surface area contributed by atoms with Gasteiger partial charge in [-0.1, -0.05) is 23.8 Å². The number of rotatable bonds is 23. The Morgan fingerprint density at radius 2 is 0.920 bits per heavy atom. The van der Waals surface area contributed by atoms with Gasteiger partial charge in [-0.15, -0.1) is 0 Å². The van der Waals surface area contributed by atoms with E-state index in [4.69, 9.17) is 75.5 Å². The Hall–Kier alpha value is -10.9. The number of aldehydes is 1. The van der Waals surface area contributed by atoms with Gasteiger partial charge in [0.2, 0.25) is 5.91 Å². The van der Waals surface area contributed by atoms with E-state index in [1.165, 1.54) is 86.7 Å². The number of carbonyl (C=O) groups excluding carboxylic acids is 2. The van der Waals surface area contributed by atoms with Gasteiger partial charge < -0.3 is 106 Å². The van der Waals surface area contributed by atoms with Crippen molar-refractivity contribution in [2.75, 3.05) is 70.1 Å². The molecule has 14 rings (SSSR count). The van der Waals surface area contributed by atoms with Crippen molar-refractivity contribution in [3.05, 3.63) is 222 Å². The van der Waals surface area contributed by atoms with Gasteiger partial charge in [-0.2, -0.15) is 0 Å². The Kier molecular flexibility index (Phi) is 33.2. The summed E-state index contributed by atoms with van der Waals surface area (Å²) in [5, 5.41) is 59.6. The second-order valence-electron chi connectivity index (χ2n) is 31.3. The van der Waals surface area contributed by atoms with Crippen molar-refractivity contribution >= 4 is 126 Å². The van der Waals surface area contributed by atoms with Crippen LogP contribution in [0.1, 0.15) is 168 Å². The molecule has 3 aliphatic heterocycles. The van der Waals surface area contributed by atoms with E-state index < -0.39 is 56.1 Å². The number of methoxy groups -OCH3 is 8. The fourth-order valence-corrected chi connectivity index (χ4v) is 14.8. The molecule has 7 N–H and O–H groups in total. The molecule has 1 aromatic heterocycles. The molecule has 3 saturated heterocycles. The summed E-state index contributed by atoms with van der Waals surface area (Å²) in [5.41, 5.74) is 13.0. The SMILES string of the molecule is CC1(C)O[B]OC1(C)C.CC1=C(CC(=O)O)c2cc(F)ccc2C1.COc1cc(/C=C2/C(C)=C(CC(=O)NCc3ccco3)c3cc(F)ccc32)cc(OC)c1B(O)O.COc1cc(/C=C2/C(C)=C(CC(=O)O)c3cc(F)ccc32)cc(OC)c1B(O)O.COc1cc(C2OCCO2)cc(OC)c1Br.COc1cc(C=O)cc(OC)c1B1OC(C)(C)C(C)(C)O1. The zero-order valence-corrected chi connectivity index (χ0v) is 74.7. The number of fused-ring (bicyclic) bond motifs is 3. The molecule has 4 heterocycles. The third-order valence-corrected chi connectivity index (χ3v) is 23.0. The topological polar surface area (TPSA) is 344 Å². The molecule has 0 bridgehead atoms. The van der Waals surface area contributed by atoms with E-state index >= 15 is 0 Å². The molecule has 8 aromatic rings. The normalized spacial score (nSPS) is 16.4. The smallest absolute Gasteiger partial charge is 0.497 e. The highest BCUT2D eigenvalue weighted by molar-refractivity contribution is 9.10. The number of hydrogen-bond donors (Lipinski definition) is 7. The van der Waals surface area contributed by atoms with E-state index in [0.29, 0.717) is 80.8 Å². The van der Waals surface area contributed by atoms with Gasteiger partial charge in [-0.05, 0) is 291 Å². The summed E-state index contributed by atoms with van der Waals surface area (Å²) < 4.78 is 123. The van der Waals surface area contributed by atoms with Crippen molar-refractivity contribution in [1.82, 2.24) is 5.32 Å². The highest BCUT2D eigenvalue weighted by Gasteiger charge is 2.54. The van der Waals surface area contributed by atoms with Crippen molar-refractivity contribution < 1.29 is 133 Å². The van der Waals surface area contributed by atoms with E-state index in [1.54, 1.807) is 100 Å². The molecule has 3 aliphatic carbocycles. The maximum Gasteiger partial charge on any atom is 0.502 e. The fourth-order valence-electron chi connectivity index (χ4n) is 14.2. The van der Waals surface area contributed by atoms with Crippen LogP contribution in [-0.2, 0) is 55.4 Å². The van der Waals surface area contributed by atoms with Gasteiger partial charge in [0.1, 0.15) is 80.0 Å². The Balaban J connectivity index is 0.000000178. The molecule has 0 saturated carbocycles. The number of ether oxygens (including phenoxy) is 10. The van der Waals surface area contributed by atoms with Gasteiger partial charge in [0.25, 0.3) is 0 Å². The average Bonchev–Trinajstić information content (AvgIpc) is 1.64. The third-order valence-electron chi connectivity index (χ3n) is 22.3. The molecule has 6 aliphatic rings. The number of halogens is 4. The number of hydrogen-bond acceptors (Lipinski definition) is 23. The average molecular weight is 1790 g/mol. The second-order valence-corrected chi connectivity index (χ2v) is 32.0. The minimum atomic E-state index is -1.78.